The van der Waals surface area contributed by atoms with Gasteiger partial charge in [0.25, 0.3) is 0 Å². The molecule has 0 amide bonds. The molecule has 0 spiro atoms. The Labute approximate surface area is 182 Å². The maximum atomic E-state index is 5.53. The van der Waals surface area contributed by atoms with Gasteiger partial charge >= 0.3 is 0 Å². The lowest BCUT2D eigenvalue weighted by atomic mass is 10.1. The van der Waals surface area contributed by atoms with Gasteiger partial charge in [-0.15, -0.1) is 0 Å². The van der Waals surface area contributed by atoms with Crippen molar-refractivity contribution in [3.8, 4) is 0 Å². The summed E-state index contributed by atoms with van der Waals surface area (Å²) in [5.74, 6) is 0.952. The summed E-state index contributed by atoms with van der Waals surface area (Å²) in [4.78, 5) is 13.5. The molecule has 7 heteroatoms. The number of nitrogens with zero attached hydrogens (tertiary/aromatic N) is 3. The van der Waals surface area contributed by atoms with Crippen LogP contribution in [0.4, 0.5) is 11.6 Å². The third-order valence-corrected chi connectivity index (χ3v) is 4.55. The molecule has 0 atom stereocenters. The molecular weight excluding hydrogens is 392 g/mol. The molecule has 0 fully saturated rings. The summed E-state index contributed by atoms with van der Waals surface area (Å²) in [6.07, 6.45) is 0. The van der Waals surface area contributed by atoms with E-state index in [-0.39, 0.29) is 0 Å². The van der Waals surface area contributed by atoms with E-state index in [0.717, 1.165) is 33.8 Å². The summed E-state index contributed by atoms with van der Waals surface area (Å²) in [6, 6.07) is 18.1. The molecule has 0 aliphatic carbocycles. The van der Waals surface area contributed by atoms with Gasteiger partial charge in [-0.2, -0.15) is 0 Å². The first-order valence-electron chi connectivity index (χ1n) is 9.72. The maximum absolute atomic E-state index is 5.53. The minimum absolute atomic E-state index is 0.437. The Kier molecular flexibility index (Phi) is 7.08. The van der Waals surface area contributed by atoms with Gasteiger partial charge in [-0.3, -0.25) is 5.32 Å². The normalized spacial score (nSPS) is 11.1. The van der Waals surface area contributed by atoms with E-state index in [9.17, 15) is 0 Å². The zero-order chi connectivity index (χ0) is 21.5. The van der Waals surface area contributed by atoms with Crippen LogP contribution < -0.4 is 16.0 Å². The summed E-state index contributed by atoms with van der Waals surface area (Å²) >= 11 is 5.53. The molecule has 0 aliphatic rings. The number of anilines is 2. The van der Waals surface area contributed by atoms with Crippen LogP contribution in [0.2, 0.25) is 0 Å². The lowest BCUT2D eigenvalue weighted by Crippen LogP contribution is -2.39. The van der Waals surface area contributed by atoms with Gasteiger partial charge in [-0.05, 0) is 68.7 Å². The van der Waals surface area contributed by atoms with Gasteiger partial charge in [0.2, 0.25) is 11.9 Å². The second-order valence-electron chi connectivity index (χ2n) is 7.15. The minimum Gasteiger partial charge on any atom is -0.332 e. The first kappa shape index (κ1) is 21.4. The highest BCUT2D eigenvalue weighted by Gasteiger charge is 2.08. The highest BCUT2D eigenvalue weighted by molar-refractivity contribution is 7.80. The Balaban J connectivity index is 1.79. The smallest absolute Gasteiger partial charge is 0.229 e. The predicted molar refractivity (Wildman–Crippen MR) is 128 cm³/mol. The van der Waals surface area contributed by atoms with Crippen molar-refractivity contribution >= 4 is 34.9 Å². The molecule has 1 heterocycles. The monoisotopic (exact) mass is 418 g/mol. The van der Waals surface area contributed by atoms with Crippen molar-refractivity contribution in [1.82, 2.24) is 15.3 Å². The van der Waals surface area contributed by atoms with Crippen LogP contribution in [0.3, 0.4) is 0 Å². The maximum Gasteiger partial charge on any atom is 0.229 e. The zero-order valence-electron chi connectivity index (χ0n) is 17.7. The van der Waals surface area contributed by atoms with Gasteiger partial charge < -0.3 is 10.6 Å². The number of hydrogen-bond donors (Lipinski definition) is 3. The van der Waals surface area contributed by atoms with E-state index >= 15 is 0 Å². The van der Waals surface area contributed by atoms with Gasteiger partial charge in [0.1, 0.15) is 0 Å². The molecule has 0 bridgehead atoms. The Morgan fingerprint density at radius 1 is 0.900 bits per heavy atom. The van der Waals surface area contributed by atoms with Crippen molar-refractivity contribution < 1.29 is 0 Å². The molecule has 3 aromatic rings. The van der Waals surface area contributed by atoms with Crippen LogP contribution in [0.15, 0.2) is 59.6 Å². The highest BCUT2D eigenvalue weighted by atomic mass is 32.1. The lowest BCUT2D eigenvalue weighted by molar-refractivity contribution is 1.03. The van der Waals surface area contributed by atoms with Crippen molar-refractivity contribution in [1.29, 1.82) is 0 Å². The molecule has 0 radical (unpaired) electrons. The Morgan fingerprint density at radius 3 is 2.30 bits per heavy atom. The van der Waals surface area contributed by atoms with Crippen molar-refractivity contribution in [2.75, 3.05) is 10.6 Å². The number of guanidine groups is 1. The number of rotatable bonds is 4. The van der Waals surface area contributed by atoms with E-state index in [4.69, 9.17) is 12.2 Å². The van der Waals surface area contributed by atoms with Crippen molar-refractivity contribution in [3.05, 3.63) is 82.7 Å². The molecule has 3 rings (SSSR count). The average Bonchev–Trinajstić information content (AvgIpc) is 2.69. The van der Waals surface area contributed by atoms with Gasteiger partial charge in [0, 0.05) is 17.1 Å². The molecule has 0 aliphatic heterocycles. The van der Waals surface area contributed by atoms with E-state index in [2.05, 4.69) is 49.1 Å². The predicted octanol–water partition coefficient (Wildman–Crippen LogP) is 4.66. The Hall–Kier alpha value is -3.32. The van der Waals surface area contributed by atoms with E-state index < -0.39 is 0 Å². The highest BCUT2D eigenvalue weighted by Crippen LogP contribution is 2.16. The fraction of sp³-hybridized carbons (Fsp3) is 0.217. The van der Waals surface area contributed by atoms with E-state index in [0.29, 0.717) is 23.6 Å². The molecule has 3 N–H and O–H groups in total. The topological polar surface area (TPSA) is 74.2 Å². The summed E-state index contributed by atoms with van der Waals surface area (Å²) in [7, 11) is 0. The third kappa shape index (κ3) is 6.35. The molecule has 0 saturated carbocycles. The standard InChI is InChI=1S/C23H26N6S/c1-15-10-11-16(2)20(12-15)27-23(30)29-21(24-14-19-8-6-5-7-9-19)28-22-25-17(3)13-18(4)26-22/h5-13H,14H2,1-4H3,(H3,24,25,26,27,28,29,30). The third-order valence-electron chi connectivity index (χ3n) is 4.35. The molecule has 1 aromatic heterocycles. The summed E-state index contributed by atoms with van der Waals surface area (Å²) in [6.45, 7) is 8.44. The zero-order valence-corrected chi connectivity index (χ0v) is 18.5. The summed E-state index contributed by atoms with van der Waals surface area (Å²) < 4.78 is 0. The minimum atomic E-state index is 0.437. The quantitative estimate of drug-likeness (QED) is 0.325. The van der Waals surface area contributed by atoms with Crippen LogP contribution in [0, 0.1) is 27.7 Å². The Morgan fingerprint density at radius 2 is 1.60 bits per heavy atom. The average molecular weight is 419 g/mol. The first-order chi connectivity index (χ1) is 14.4. The van der Waals surface area contributed by atoms with Crippen molar-refractivity contribution in [2.24, 2.45) is 4.99 Å². The number of nitrogens with one attached hydrogen (secondary N) is 3. The molecule has 154 valence electrons. The van der Waals surface area contributed by atoms with Crippen LogP contribution >= 0.6 is 12.2 Å². The van der Waals surface area contributed by atoms with Crippen molar-refractivity contribution in [3.63, 3.8) is 0 Å². The fourth-order valence-corrected chi connectivity index (χ4v) is 3.09. The second-order valence-corrected chi connectivity index (χ2v) is 7.56. The molecule has 6 nitrogen and oxygen atoms in total. The molecule has 0 unspecified atom stereocenters. The number of thiocarbonyl (C=S) groups is 1. The van der Waals surface area contributed by atoms with Crippen LogP contribution in [-0.2, 0) is 6.54 Å². The fourth-order valence-electron chi connectivity index (χ4n) is 2.88. The van der Waals surface area contributed by atoms with E-state index in [1.54, 1.807) is 0 Å². The number of aryl methyl sites for hydroxylation is 4. The number of benzene rings is 2. The summed E-state index contributed by atoms with van der Waals surface area (Å²) in [5, 5.41) is 10.00. The molecule has 2 aromatic carbocycles. The van der Waals surface area contributed by atoms with Gasteiger partial charge in [0.15, 0.2) is 5.11 Å². The molecule has 30 heavy (non-hydrogen) atoms. The van der Waals surface area contributed by atoms with E-state index in [1.165, 1.54) is 0 Å². The summed E-state index contributed by atoms with van der Waals surface area (Å²) in [5.41, 5.74) is 6.07. The second kappa shape index (κ2) is 9.93. The van der Waals surface area contributed by atoms with Gasteiger partial charge in [0.05, 0.1) is 6.54 Å². The number of hydrogen-bond acceptors (Lipinski definition) is 4. The number of aromatic nitrogens is 2. The first-order valence-corrected chi connectivity index (χ1v) is 10.1. The van der Waals surface area contributed by atoms with Crippen LogP contribution in [0.1, 0.15) is 28.1 Å². The van der Waals surface area contributed by atoms with Crippen LogP contribution in [0.5, 0.6) is 0 Å². The Bertz CT molecular complexity index is 1040. The lowest BCUT2D eigenvalue weighted by Gasteiger charge is -2.16. The molecular formula is C23H26N6S. The van der Waals surface area contributed by atoms with Crippen LogP contribution in [0.25, 0.3) is 0 Å². The number of aliphatic imine (C=N–C) groups is 1. The van der Waals surface area contributed by atoms with Crippen LogP contribution in [-0.4, -0.2) is 21.0 Å². The largest absolute Gasteiger partial charge is 0.332 e. The van der Waals surface area contributed by atoms with Gasteiger partial charge in [-0.25, -0.2) is 15.0 Å². The van der Waals surface area contributed by atoms with Crippen molar-refractivity contribution in [2.45, 2.75) is 34.2 Å². The molecule has 0 saturated heterocycles. The SMILES string of the molecule is Cc1ccc(C)c(NC(=S)NC(=NCc2ccccc2)Nc2nc(C)cc(C)n2)c1. The van der Waals surface area contributed by atoms with Gasteiger partial charge in [-0.1, -0.05) is 42.5 Å². The van der Waals surface area contributed by atoms with E-state index in [1.807, 2.05) is 64.1 Å².